The molecular formula is C24H29NO. The smallest absolute Gasteiger partial charge is 0.163 e. The third-order valence-corrected chi connectivity index (χ3v) is 6.36. The van der Waals surface area contributed by atoms with Crippen molar-refractivity contribution in [2.45, 2.75) is 44.9 Å². The monoisotopic (exact) mass is 347 g/mol. The van der Waals surface area contributed by atoms with Crippen molar-refractivity contribution in [3.63, 3.8) is 0 Å². The third-order valence-electron chi connectivity index (χ3n) is 6.36. The predicted molar refractivity (Wildman–Crippen MR) is 107 cm³/mol. The van der Waals surface area contributed by atoms with Gasteiger partial charge in [-0.3, -0.25) is 4.79 Å². The van der Waals surface area contributed by atoms with E-state index in [0.29, 0.717) is 17.6 Å². The Kier molecular flexibility index (Phi) is 5.21. The maximum Gasteiger partial charge on any atom is 0.163 e. The highest BCUT2D eigenvalue weighted by Crippen LogP contribution is 2.31. The Hall–Kier alpha value is -1.93. The maximum atomic E-state index is 12.7. The third kappa shape index (κ3) is 3.76. The number of hydrogen-bond donors (Lipinski definition) is 0. The first-order valence-electron chi connectivity index (χ1n) is 10.1. The molecule has 2 aromatic rings. The topological polar surface area (TPSA) is 20.3 Å². The zero-order valence-electron chi connectivity index (χ0n) is 15.8. The summed E-state index contributed by atoms with van der Waals surface area (Å²) in [6.07, 6.45) is 5.39. The van der Waals surface area contributed by atoms with Crippen molar-refractivity contribution >= 4 is 5.78 Å². The number of likely N-dealkylation sites (tertiary alicyclic amines) is 1. The number of fused-ring (bicyclic) bond motifs is 1. The molecule has 26 heavy (non-hydrogen) atoms. The number of benzene rings is 2. The highest BCUT2D eigenvalue weighted by atomic mass is 16.1. The number of carbonyl (C=O) groups excluding carboxylic acids is 1. The summed E-state index contributed by atoms with van der Waals surface area (Å²) >= 11 is 0. The van der Waals surface area contributed by atoms with Crippen LogP contribution in [-0.4, -0.2) is 30.3 Å². The van der Waals surface area contributed by atoms with Gasteiger partial charge in [0.25, 0.3) is 0 Å². The molecule has 1 unspecified atom stereocenters. The summed E-state index contributed by atoms with van der Waals surface area (Å²) in [5.41, 5.74) is 5.04. The number of rotatable bonds is 3. The lowest BCUT2D eigenvalue weighted by Gasteiger charge is -2.34. The van der Waals surface area contributed by atoms with Crippen LogP contribution in [0.5, 0.6) is 0 Å². The SMILES string of the molecule is Cc1cccc2c1CCC(CN1CCC(c3ccccc3)CC1)CC2=O. The maximum absolute atomic E-state index is 12.7. The van der Waals surface area contributed by atoms with Gasteiger partial charge in [-0.15, -0.1) is 0 Å². The summed E-state index contributed by atoms with van der Waals surface area (Å²) < 4.78 is 0. The molecule has 1 atom stereocenters. The van der Waals surface area contributed by atoms with Crippen LogP contribution < -0.4 is 0 Å². The molecule has 4 rings (SSSR count). The Morgan fingerprint density at radius 1 is 0.962 bits per heavy atom. The van der Waals surface area contributed by atoms with Crippen molar-refractivity contribution in [1.82, 2.24) is 4.90 Å². The fourth-order valence-corrected chi connectivity index (χ4v) is 4.81. The van der Waals surface area contributed by atoms with Crippen molar-refractivity contribution in [2.75, 3.05) is 19.6 Å². The van der Waals surface area contributed by atoms with Gasteiger partial charge in [0.05, 0.1) is 0 Å². The summed E-state index contributed by atoms with van der Waals surface area (Å²) in [5.74, 6) is 1.56. The second kappa shape index (κ2) is 7.75. The Balaban J connectivity index is 1.35. The van der Waals surface area contributed by atoms with Crippen LogP contribution in [0.15, 0.2) is 48.5 Å². The standard InChI is InChI=1S/C24H29NO/c1-18-6-5-9-23-22(18)11-10-19(16-24(23)26)17-25-14-12-21(13-15-25)20-7-3-2-4-8-20/h2-9,19,21H,10-17H2,1H3. The highest BCUT2D eigenvalue weighted by Gasteiger charge is 2.27. The normalized spacial score (nSPS) is 22.0. The highest BCUT2D eigenvalue weighted by molar-refractivity contribution is 5.98. The predicted octanol–water partition coefficient (Wildman–Crippen LogP) is 5.01. The Bertz CT molecular complexity index is 759. The lowest BCUT2D eigenvalue weighted by Crippen LogP contribution is -2.37. The van der Waals surface area contributed by atoms with Gasteiger partial charge in [-0.25, -0.2) is 0 Å². The van der Waals surface area contributed by atoms with E-state index in [-0.39, 0.29) is 0 Å². The molecular weight excluding hydrogens is 318 g/mol. The number of piperidine rings is 1. The molecule has 1 heterocycles. The van der Waals surface area contributed by atoms with Crippen LogP contribution >= 0.6 is 0 Å². The van der Waals surface area contributed by atoms with E-state index in [1.807, 2.05) is 12.1 Å². The van der Waals surface area contributed by atoms with Crippen LogP contribution in [0.3, 0.4) is 0 Å². The first-order valence-corrected chi connectivity index (χ1v) is 10.1. The Morgan fingerprint density at radius 3 is 2.50 bits per heavy atom. The van der Waals surface area contributed by atoms with Crippen LogP contribution in [0, 0.1) is 12.8 Å². The summed E-state index contributed by atoms with van der Waals surface area (Å²) in [5, 5.41) is 0. The molecule has 1 aliphatic heterocycles. The molecule has 0 bridgehead atoms. The van der Waals surface area contributed by atoms with E-state index >= 15 is 0 Å². The lowest BCUT2D eigenvalue weighted by atomic mass is 9.88. The Labute approximate surface area is 157 Å². The van der Waals surface area contributed by atoms with Crippen molar-refractivity contribution in [1.29, 1.82) is 0 Å². The molecule has 136 valence electrons. The van der Waals surface area contributed by atoms with Crippen LogP contribution in [0.2, 0.25) is 0 Å². The zero-order chi connectivity index (χ0) is 17.9. The summed E-state index contributed by atoms with van der Waals surface area (Å²) in [6, 6.07) is 17.1. The molecule has 2 aliphatic rings. The van der Waals surface area contributed by atoms with Gasteiger partial charge in [0.2, 0.25) is 0 Å². The van der Waals surface area contributed by atoms with Crippen LogP contribution in [-0.2, 0) is 6.42 Å². The van der Waals surface area contributed by atoms with Gasteiger partial charge >= 0.3 is 0 Å². The van der Waals surface area contributed by atoms with E-state index in [2.05, 4.69) is 48.2 Å². The van der Waals surface area contributed by atoms with E-state index in [0.717, 1.165) is 44.5 Å². The quantitative estimate of drug-likeness (QED) is 0.728. The van der Waals surface area contributed by atoms with Crippen LogP contribution in [0.4, 0.5) is 0 Å². The second-order valence-electron chi connectivity index (χ2n) is 8.12. The van der Waals surface area contributed by atoms with E-state index in [1.165, 1.54) is 29.5 Å². The molecule has 0 N–H and O–H groups in total. The zero-order valence-corrected chi connectivity index (χ0v) is 15.8. The fraction of sp³-hybridized carbons (Fsp3) is 0.458. The molecule has 0 radical (unpaired) electrons. The summed E-state index contributed by atoms with van der Waals surface area (Å²) in [6.45, 7) is 5.55. The largest absolute Gasteiger partial charge is 0.303 e. The van der Waals surface area contributed by atoms with Gasteiger partial charge in [-0.05, 0) is 74.2 Å². The second-order valence-corrected chi connectivity index (χ2v) is 8.12. The number of carbonyl (C=O) groups is 1. The van der Waals surface area contributed by atoms with E-state index in [1.54, 1.807) is 0 Å². The van der Waals surface area contributed by atoms with Gasteiger partial charge in [0.1, 0.15) is 0 Å². The van der Waals surface area contributed by atoms with Gasteiger partial charge in [-0.1, -0.05) is 48.5 Å². The molecule has 1 fully saturated rings. The summed E-state index contributed by atoms with van der Waals surface area (Å²) in [7, 11) is 0. The van der Waals surface area contributed by atoms with Crippen molar-refractivity contribution < 1.29 is 4.79 Å². The number of nitrogens with zero attached hydrogens (tertiary/aromatic N) is 1. The van der Waals surface area contributed by atoms with Crippen molar-refractivity contribution in [3.8, 4) is 0 Å². The van der Waals surface area contributed by atoms with E-state index in [4.69, 9.17) is 0 Å². The van der Waals surface area contributed by atoms with Crippen molar-refractivity contribution in [3.05, 3.63) is 70.8 Å². The lowest BCUT2D eigenvalue weighted by molar-refractivity contribution is 0.0941. The first-order chi connectivity index (χ1) is 12.7. The molecule has 2 heteroatoms. The molecule has 0 saturated carbocycles. The Morgan fingerprint density at radius 2 is 1.73 bits per heavy atom. The van der Waals surface area contributed by atoms with E-state index < -0.39 is 0 Å². The van der Waals surface area contributed by atoms with Crippen LogP contribution in [0.1, 0.15) is 58.6 Å². The molecule has 0 spiro atoms. The molecule has 2 nitrogen and oxygen atoms in total. The minimum absolute atomic E-state index is 0.352. The van der Waals surface area contributed by atoms with Crippen molar-refractivity contribution in [2.24, 2.45) is 5.92 Å². The number of Topliss-reactive ketones (excluding diaryl/α,β-unsaturated/α-hetero) is 1. The van der Waals surface area contributed by atoms with Gasteiger partial charge in [0, 0.05) is 18.5 Å². The molecule has 0 amide bonds. The molecule has 2 aromatic carbocycles. The van der Waals surface area contributed by atoms with Gasteiger partial charge < -0.3 is 4.90 Å². The molecule has 1 aliphatic carbocycles. The number of ketones is 1. The molecule has 1 saturated heterocycles. The average Bonchev–Trinajstić information content (AvgIpc) is 2.83. The van der Waals surface area contributed by atoms with E-state index in [9.17, 15) is 4.79 Å². The van der Waals surface area contributed by atoms with Gasteiger partial charge in [-0.2, -0.15) is 0 Å². The number of aryl methyl sites for hydroxylation is 1. The molecule has 0 aromatic heterocycles. The average molecular weight is 348 g/mol. The minimum Gasteiger partial charge on any atom is -0.303 e. The first kappa shape index (κ1) is 17.5. The van der Waals surface area contributed by atoms with Crippen LogP contribution in [0.25, 0.3) is 0 Å². The summed E-state index contributed by atoms with van der Waals surface area (Å²) in [4.78, 5) is 15.3. The minimum atomic E-state index is 0.352. The van der Waals surface area contributed by atoms with Gasteiger partial charge in [0.15, 0.2) is 5.78 Å². The number of hydrogen-bond acceptors (Lipinski definition) is 2. The fourth-order valence-electron chi connectivity index (χ4n) is 4.81.